The SMILES string of the molecule is CCCC(=O)OC(=O)c1ccc(N)c(C)c1C. The zero-order valence-corrected chi connectivity index (χ0v) is 10.4. The summed E-state index contributed by atoms with van der Waals surface area (Å²) in [5.41, 5.74) is 8.32. The Morgan fingerprint density at radius 1 is 1.24 bits per heavy atom. The lowest BCUT2D eigenvalue weighted by Crippen LogP contribution is -2.14. The van der Waals surface area contributed by atoms with Crippen molar-refractivity contribution in [3.05, 3.63) is 28.8 Å². The van der Waals surface area contributed by atoms with Crippen molar-refractivity contribution in [2.45, 2.75) is 33.6 Å². The molecule has 0 saturated heterocycles. The number of carbonyl (C=O) groups is 2. The quantitative estimate of drug-likeness (QED) is 0.496. The van der Waals surface area contributed by atoms with E-state index in [-0.39, 0.29) is 6.42 Å². The van der Waals surface area contributed by atoms with E-state index in [0.717, 1.165) is 11.1 Å². The summed E-state index contributed by atoms with van der Waals surface area (Å²) in [5, 5.41) is 0. The Hall–Kier alpha value is -1.84. The van der Waals surface area contributed by atoms with E-state index in [2.05, 4.69) is 0 Å². The topological polar surface area (TPSA) is 69.4 Å². The van der Waals surface area contributed by atoms with Crippen LogP contribution < -0.4 is 5.73 Å². The summed E-state index contributed by atoms with van der Waals surface area (Å²) in [6.45, 7) is 5.46. The molecule has 4 heteroatoms. The van der Waals surface area contributed by atoms with E-state index in [1.54, 1.807) is 19.1 Å². The molecule has 17 heavy (non-hydrogen) atoms. The first-order valence-corrected chi connectivity index (χ1v) is 5.58. The molecule has 0 fully saturated rings. The zero-order chi connectivity index (χ0) is 13.0. The number of esters is 2. The summed E-state index contributed by atoms with van der Waals surface area (Å²) < 4.78 is 4.73. The second-order valence-corrected chi connectivity index (χ2v) is 3.96. The number of nitrogens with two attached hydrogens (primary N) is 1. The molecule has 0 heterocycles. The third-order valence-electron chi connectivity index (χ3n) is 2.71. The summed E-state index contributed by atoms with van der Waals surface area (Å²) >= 11 is 0. The number of rotatable bonds is 3. The van der Waals surface area contributed by atoms with Crippen LogP contribution in [-0.4, -0.2) is 11.9 Å². The molecule has 0 unspecified atom stereocenters. The Kier molecular flexibility index (Phi) is 4.26. The van der Waals surface area contributed by atoms with Gasteiger partial charge in [-0.25, -0.2) is 4.79 Å². The summed E-state index contributed by atoms with van der Waals surface area (Å²) in [4.78, 5) is 23.0. The summed E-state index contributed by atoms with van der Waals surface area (Å²) in [7, 11) is 0. The molecule has 0 amide bonds. The van der Waals surface area contributed by atoms with Gasteiger partial charge in [-0.3, -0.25) is 4.79 Å². The van der Waals surface area contributed by atoms with Gasteiger partial charge in [0.25, 0.3) is 0 Å². The van der Waals surface area contributed by atoms with Gasteiger partial charge in [-0.2, -0.15) is 0 Å². The lowest BCUT2D eigenvalue weighted by Gasteiger charge is -2.09. The molecular formula is C13H17NO3. The van der Waals surface area contributed by atoms with Gasteiger partial charge < -0.3 is 10.5 Å². The van der Waals surface area contributed by atoms with Crippen molar-refractivity contribution in [2.75, 3.05) is 5.73 Å². The van der Waals surface area contributed by atoms with Gasteiger partial charge in [-0.05, 0) is 43.5 Å². The molecule has 1 aromatic carbocycles. The Bertz CT molecular complexity index is 452. The maximum Gasteiger partial charge on any atom is 0.346 e. The third-order valence-corrected chi connectivity index (χ3v) is 2.71. The van der Waals surface area contributed by atoms with Gasteiger partial charge in [0.15, 0.2) is 0 Å². The minimum absolute atomic E-state index is 0.249. The fraction of sp³-hybridized carbons (Fsp3) is 0.385. The molecular weight excluding hydrogens is 218 g/mol. The van der Waals surface area contributed by atoms with Gasteiger partial charge in [0.05, 0.1) is 5.56 Å². The van der Waals surface area contributed by atoms with Crippen LogP contribution in [0.4, 0.5) is 5.69 Å². The highest BCUT2D eigenvalue weighted by Crippen LogP contribution is 2.20. The van der Waals surface area contributed by atoms with Crippen molar-refractivity contribution in [2.24, 2.45) is 0 Å². The van der Waals surface area contributed by atoms with E-state index in [0.29, 0.717) is 17.7 Å². The van der Waals surface area contributed by atoms with Gasteiger partial charge in [0.2, 0.25) is 0 Å². The van der Waals surface area contributed by atoms with Crippen LogP contribution in [0.2, 0.25) is 0 Å². The van der Waals surface area contributed by atoms with E-state index < -0.39 is 11.9 Å². The number of ether oxygens (including phenoxy) is 1. The predicted molar refractivity (Wildman–Crippen MR) is 65.7 cm³/mol. The van der Waals surface area contributed by atoms with Crippen LogP contribution >= 0.6 is 0 Å². The van der Waals surface area contributed by atoms with Crippen molar-refractivity contribution < 1.29 is 14.3 Å². The highest BCUT2D eigenvalue weighted by Gasteiger charge is 2.16. The van der Waals surface area contributed by atoms with Crippen LogP contribution in [0.5, 0.6) is 0 Å². The first-order chi connectivity index (χ1) is 7.97. The van der Waals surface area contributed by atoms with Gasteiger partial charge >= 0.3 is 11.9 Å². The average Bonchev–Trinajstić information content (AvgIpc) is 2.26. The first kappa shape index (κ1) is 13.2. The number of hydrogen-bond acceptors (Lipinski definition) is 4. The largest absolute Gasteiger partial charge is 0.399 e. The molecule has 1 rings (SSSR count). The second-order valence-electron chi connectivity index (χ2n) is 3.96. The Balaban J connectivity index is 2.90. The molecule has 0 bridgehead atoms. The van der Waals surface area contributed by atoms with Crippen LogP contribution in [0, 0.1) is 13.8 Å². The Morgan fingerprint density at radius 3 is 2.47 bits per heavy atom. The molecule has 4 nitrogen and oxygen atoms in total. The van der Waals surface area contributed by atoms with Crippen LogP contribution in [0.25, 0.3) is 0 Å². The van der Waals surface area contributed by atoms with E-state index in [9.17, 15) is 9.59 Å². The smallest absolute Gasteiger partial charge is 0.346 e. The Morgan fingerprint density at radius 2 is 1.88 bits per heavy atom. The predicted octanol–water partition coefficient (Wildman–Crippen LogP) is 2.37. The van der Waals surface area contributed by atoms with E-state index in [1.165, 1.54) is 0 Å². The van der Waals surface area contributed by atoms with E-state index >= 15 is 0 Å². The fourth-order valence-corrected chi connectivity index (χ4v) is 1.48. The number of benzene rings is 1. The van der Waals surface area contributed by atoms with Gasteiger partial charge in [0, 0.05) is 12.1 Å². The van der Waals surface area contributed by atoms with Gasteiger partial charge in [-0.15, -0.1) is 0 Å². The molecule has 0 aliphatic carbocycles. The maximum absolute atomic E-state index is 11.7. The number of hydrogen-bond donors (Lipinski definition) is 1. The van der Waals surface area contributed by atoms with Crippen LogP contribution in [0.1, 0.15) is 41.3 Å². The molecule has 0 aromatic heterocycles. The summed E-state index contributed by atoms with van der Waals surface area (Å²) in [6.07, 6.45) is 0.907. The normalized spacial score (nSPS) is 10.1. The lowest BCUT2D eigenvalue weighted by molar-refractivity contribution is -0.137. The first-order valence-electron chi connectivity index (χ1n) is 5.58. The molecule has 0 saturated carbocycles. The summed E-state index contributed by atoms with van der Waals surface area (Å²) in [5.74, 6) is -1.10. The van der Waals surface area contributed by atoms with Crippen LogP contribution in [0.15, 0.2) is 12.1 Å². The summed E-state index contributed by atoms with van der Waals surface area (Å²) in [6, 6.07) is 3.22. The van der Waals surface area contributed by atoms with Crippen molar-refractivity contribution in [3.63, 3.8) is 0 Å². The van der Waals surface area contributed by atoms with Crippen molar-refractivity contribution in [1.29, 1.82) is 0 Å². The zero-order valence-electron chi connectivity index (χ0n) is 10.4. The molecule has 0 radical (unpaired) electrons. The van der Waals surface area contributed by atoms with Crippen molar-refractivity contribution in [3.8, 4) is 0 Å². The van der Waals surface area contributed by atoms with Crippen molar-refractivity contribution in [1.82, 2.24) is 0 Å². The van der Waals surface area contributed by atoms with Crippen LogP contribution in [-0.2, 0) is 9.53 Å². The van der Waals surface area contributed by atoms with E-state index in [4.69, 9.17) is 10.5 Å². The minimum Gasteiger partial charge on any atom is -0.399 e. The molecule has 2 N–H and O–H groups in total. The number of nitrogen functional groups attached to an aromatic ring is 1. The second kappa shape index (κ2) is 5.48. The highest BCUT2D eigenvalue weighted by molar-refractivity contribution is 5.98. The Labute approximate surface area is 101 Å². The minimum atomic E-state index is -0.607. The monoisotopic (exact) mass is 235 g/mol. The molecule has 1 aromatic rings. The van der Waals surface area contributed by atoms with E-state index in [1.807, 2.05) is 13.8 Å². The molecule has 0 aliphatic rings. The third kappa shape index (κ3) is 3.06. The average molecular weight is 235 g/mol. The lowest BCUT2D eigenvalue weighted by atomic mass is 10.0. The van der Waals surface area contributed by atoms with Crippen molar-refractivity contribution >= 4 is 17.6 Å². The fourth-order valence-electron chi connectivity index (χ4n) is 1.48. The van der Waals surface area contributed by atoms with Crippen LogP contribution in [0.3, 0.4) is 0 Å². The molecule has 0 aliphatic heterocycles. The molecule has 0 spiro atoms. The van der Waals surface area contributed by atoms with Gasteiger partial charge in [0.1, 0.15) is 0 Å². The standard InChI is InChI=1S/C13H17NO3/c1-4-5-12(15)17-13(16)10-6-7-11(14)9(3)8(10)2/h6-7H,4-5,14H2,1-3H3. The molecule has 92 valence electrons. The number of anilines is 1. The maximum atomic E-state index is 11.7. The van der Waals surface area contributed by atoms with Gasteiger partial charge in [-0.1, -0.05) is 6.92 Å². The highest BCUT2D eigenvalue weighted by atomic mass is 16.6. The molecule has 0 atom stereocenters. The number of carbonyl (C=O) groups excluding carboxylic acids is 2.